The van der Waals surface area contributed by atoms with Gasteiger partial charge in [0.25, 0.3) is 11.8 Å². The molecular formula is C27H22FN5O5. The van der Waals surface area contributed by atoms with Gasteiger partial charge in [0, 0.05) is 24.1 Å². The predicted molar refractivity (Wildman–Crippen MR) is 130 cm³/mol. The molecule has 1 unspecified atom stereocenters. The van der Waals surface area contributed by atoms with E-state index in [2.05, 4.69) is 15.5 Å². The number of rotatable bonds is 5. The number of piperidine rings is 1. The number of carbonyl (C=O) groups excluding carboxylic acids is 4. The number of nitrogens with zero attached hydrogens (tertiary/aromatic N) is 4. The van der Waals surface area contributed by atoms with E-state index in [4.69, 9.17) is 4.52 Å². The number of hydrogen-bond donors (Lipinski definition) is 1. The summed E-state index contributed by atoms with van der Waals surface area (Å²) in [5.41, 5.74) is 1.82. The molecule has 3 aliphatic rings. The third-order valence-electron chi connectivity index (χ3n) is 7.00. The van der Waals surface area contributed by atoms with Gasteiger partial charge in [-0.15, -0.1) is 0 Å². The Balaban J connectivity index is 1.24. The van der Waals surface area contributed by atoms with Crippen LogP contribution in [0.15, 0.2) is 64.3 Å². The van der Waals surface area contributed by atoms with Gasteiger partial charge < -0.3 is 9.42 Å². The molecule has 1 atom stereocenters. The van der Waals surface area contributed by atoms with Crippen molar-refractivity contribution in [1.82, 2.24) is 25.3 Å². The summed E-state index contributed by atoms with van der Waals surface area (Å²) in [6, 6.07) is 13.0. The molecule has 2 aromatic carbocycles. The predicted octanol–water partition coefficient (Wildman–Crippen LogP) is 2.57. The number of imide groups is 2. The lowest BCUT2D eigenvalue weighted by Crippen LogP contribution is -2.55. The van der Waals surface area contributed by atoms with Crippen LogP contribution in [0.1, 0.15) is 31.6 Å². The standard InChI is InChI=1S/C27H22FN5O5/c28-22-16(15-6-2-1-3-7-15)8-4-9-17(22)24-30-21(38-31-24)14-32-13-5-10-18-23(32)27(37)33(26(18)36)19-11-12-20(34)29-25(19)35/h1-4,6-9,19H,5,10-14H2,(H,29,34,35). The zero-order chi connectivity index (χ0) is 26.4. The van der Waals surface area contributed by atoms with Crippen molar-refractivity contribution in [3.63, 3.8) is 0 Å². The summed E-state index contributed by atoms with van der Waals surface area (Å²) in [4.78, 5) is 57.4. The van der Waals surface area contributed by atoms with Gasteiger partial charge in [0.05, 0.1) is 12.1 Å². The van der Waals surface area contributed by atoms with Crippen molar-refractivity contribution >= 4 is 23.6 Å². The maximum absolute atomic E-state index is 15.4. The summed E-state index contributed by atoms with van der Waals surface area (Å²) in [6.07, 6.45) is 1.14. The van der Waals surface area contributed by atoms with Gasteiger partial charge in [0.2, 0.25) is 23.5 Å². The summed E-state index contributed by atoms with van der Waals surface area (Å²) in [6.45, 7) is 0.491. The molecule has 0 bridgehead atoms. The van der Waals surface area contributed by atoms with Crippen molar-refractivity contribution in [3.05, 3.63) is 71.5 Å². The van der Waals surface area contributed by atoms with E-state index in [1.807, 2.05) is 30.3 Å². The second kappa shape index (κ2) is 9.33. The fourth-order valence-corrected chi connectivity index (χ4v) is 5.20. The minimum atomic E-state index is -1.03. The van der Waals surface area contributed by atoms with E-state index in [1.165, 1.54) is 0 Å². The summed E-state index contributed by atoms with van der Waals surface area (Å²) >= 11 is 0. The van der Waals surface area contributed by atoms with E-state index in [1.54, 1.807) is 23.1 Å². The number of amides is 4. The van der Waals surface area contributed by atoms with Crippen molar-refractivity contribution in [3.8, 4) is 22.5 Å². The van der Waals surface area contributed by atoms with Crippen LogP contribution in [-0.4, -0.2) is 56.2 Å². The van der Waals surface area contributed by atoms with Gasteiger partial charge in [-0.1, -0.05) is 47.6 Å². The van der Waals surface area contributed by atoms with E-state index in [-0.39, 0.29) is 42.4 Å². The Morgan fingerprint density at radius 3 is 2.55 bits per heavy atom. The number of nitrogens with one attached hydrogen (secondary N) is 1. The molecule has 4 amide bonds. The smallest absolute Gasteiger partial charge is 0.278 e. The maximum Gasteiger partial charge on any atom is 0.278 e. The van der Waals surface area contributed by atoms with Crippen LogP contribution >= 0.6 is 0 Å². The number of aromatic nitrogens is 2. The molecule has 0 saturated carbocycles. The van der Waals surface area contributed by atoms with E-state index in [9.17, 15) is 19.2 Å². The summed E-state index contributed by atoms with van der Waals surface area (Å²) in [5, 5.41) is 6.15. The van der Waals surface area contributed by atoms with E-state index >= 15 is 4.39 Å². The van der Waals surface area contributed by atoms with Gasteiger partial charge >= 0.3 is 0 Å². The Morgan fingerprint density at radius 1 is 0.974 bits per heavy atom. The second-order valence-corrected chi connectivity index (χ2v) is 9.34. The zero-order valence-corrected chi connectivity index (χ0v) is 20.1. The molecule has 0 spiro atoms. The highest BCUT2D eigenvalue weighted by Crippen LogP contribution is 2.35. The average Bonchev–Trinajstić information content (AvgIpc) is 3.48. The Kier molecular flexibility index (Phi) is 5.82. The number of carbonyl (C=O) groups is 4. The number of benzene rings is 2. The highest BCUT2D eigenvalue weighted by Gasteiger charge is 2.48. The maximum atomic E-state index is 15.4. The van der Waals surface area contributed by atoms with Crippen LogP contribution in [0.25, 0.3) is 22.5 Å². The molecule has 11 heteroatoms. The van der Waals surface area contributed by atoms with Crippen LogP contribution < -0.4 is 5.32 Å². The van der Waals surface area contributed by atoms with E-state index in [0.29, 0.717) is 36.1 Å². The molecule has 10 nitrogen and oxygen atoms in total. The largest absolute Gasteiger partial charge is 0.357 e. The molecule has 1 aromatic heterocycles. The Morgan fingerprint density at radius 2 is 1.76 bits per heavy atom. The molecular weight excluding hydrogens is 493 g/mol. The average molecular weight is 516 g/mol. The summed E-state index contributed by atoms with van der Waals surface area (Å²) in [7, 11) is 0. The van der Waals surface area contributed by atoms with Crippen molar-refractivity contribution in [2.24, 2.45) is 0 Å². The first-order valence-corrected chi connectivity index (χ1v) is 12.3. The van der Waals surface area contributed by atoms with Crippen LogP contribution in [0.4, 0.5) is 4.39 Å². The van der Waals surface area contributed by atoms with Gasteiger partial charge in [0.1, 0.15) is 17.6 Å². The van der Waals surface area contributed by atoms with Crippen LogP contribution in [0.5, 0.6) is 0 Å². The van der Waals surface area contributed by atoms with E-state index in [0.717, 1.165) is 4.90 Å². The van der Waals surface area contributed by atoms with Gasteiger partial charge in [-0.25, -0.2) is 4.39 Å². The van der Waals surface area contributed by atoms with Crippen molar-refractivity contribution < 1.29 is 28.1 Å². The Bertz CT molecular complexity index is 1520. The molecule has 0 aliphatic carbocycles. The van der Waals surface area contributed by atoms with Gasteiger partial charge in [-0.2, -0.15) is 4.98 Å². The normalized spacial score (nSPS) is 19.8. The molecule has 0 radical (unpaired) electrons. The highest BCUT2D eigenvalue weighted by molar-refractivity contribution is 6.21. The molecule has 6 rings (SSSR count). The second-order valence-electron chi connectivity index (χ2n) is 9.34. The molecule has 3 aromatic rings. The van der Waals surface area contributed by atoms with Gasteiger partial charge in [-0.05, 0) is 30.9 Å². The molecule has 38 heavy (non-hydrogen) atoms. The lowest BCUT2D eigenvalue weighted by Gasteiger charge is -2.29. The first-order chi connectivity index (χ1) is 18.4. The third kappa shape index (κ3) is 3.96. The van der Waals surface area contributed by atoms with Gasteiger partial charge in [-0.3, -0.25) is 29.4 Å². The zero-order valence-electron chi connectivity index (χ0n) is 20.1. The topological polar surface area (TPSA) is 126 Å². The summed E-state index contributed by atoms with van der Waals surface area (Å²) < 4.78 is 20.8. The minimum Gasteiger partial charge on any atom is -0.357 e. The molecule has 4 heterocycles. The Hall–Kier alpha value is -4.67. The van der Waals surface area contributed by atoms with Crippen LogP contribution in [0.3, 0.4) is 0 Å². The SMILES string of the molecule is O=C1CCC(N2C(=O)C3=C(C2=O)N(Cc2nc(-c4cccc(-c5ccccc5)c4F)no2)CCC3)C(=O)N1. The minimum absolute atomic E-state index is 0.0358. The lowest BCUT2D eigenvalue weighted by molar-refractivity contribution is -0.150. The quantitative estimate of drug-likeness (QED) is 0.514. The van der Waals surface area contributed by atoms with Crippen LogP contribution in [0, 0.1) is 5.82 Å². The van der Waals surface area contributed by atoms with E-state index < -0.39 is 35.5 Å². The molecule has 1 N–H and O–H groups in total. The van der Waals surface area contributed by atoms with Crippen LogP contribution in [-0.2, 0) is 25.7 Å². The van der Waals surface area contributed by atoms with Crippen molar-refractivity contribution in [2.75, 3.05) is 6.54 Å². The van der Waals surface area contributed by atoms with Crippen molar-refractivity contribution in [1.29, 1.82) is 0 Å². The lowest BCUT2D eigenvalue weighted by atomic mass is 10.0. The van der Waals surface area contributed by atoms with Crippen molar-refractivity contribution in [2.45, 2.75) is 38.3 Å². The Labute approximate surface area is 216 Å². The summed E-state index contributed by atoms with van der Waals surface area (Å²) in [5.74, 6) is -2.45. The number of halogens is 1. The molecule has 1 saturated heterocycles. The fraction of sp³-hybridized carbons (Fsp3) is 0.259. The van der Waals surface area contributed by atoms with Gasteiger partial charge in [0.15, 0.2) is 0 Å². The first kappa shape index (κ1) is 23.7. The monoisotopic (exact) mass is 515 g/mol. The number of hydrogen-bond acceptors (Lipinski definition) is 8. The molecule has 1 fully saturated rings. The first-order valence-electron chi connectivity index (χ1n) is 12.3. The molecule has 192 valence electrons. The fourth-order valence-electron chi connectivity index (χ4n) is 5.20. The third-order valence-corrected chi connectivity index (χ3v) is 7.00. The highest BCUT2D eigenvalue weighted by atomic mass is 19.1. The van der Waals surface area contributed by atoms with Crippen LogP contribution in [0.2, 0.25) is 0 Å². The molecule has 3 aliphatic heterocycles.